The molecule has 0 spiro atoms. The fraction of sp³-hybridized carbons (Fsp3) is 0.364. The number of ether oxygens (including phenoxy) is 1. The van der Waals surface area contributed by atoms with Crippen LogP contribution in [-0.4, -0.2) is 26.7 Å². The lowest BCUT2D eigenvalue weighted by Crippen LogP contribution is -2.24. The van der Waals surface area contributed by atoms with Crippen LogP contribution in [0.3, 0.4) is 0 Å². The van der Waals surface area contributed by atoms with Gasteiger partial charge >= 0.3 is 0 Å². The minimum atomic E-state index is -1.19. The smallest absolute Gasteiger partial charge is 0.193 e. The Morgan fingerprint density at radius 2 is 2.19 bits per heavy atom. The van der Waals surface area contributed by atoms with Gasteiger partial charge in [0, 0.05) is 18.2 Å². The van der Waals surface area contributed by atoms with Crippen molar-refractivity contribution in [2.24, 2.45) is 0 Å². The molecular formula is C11H11N3O2. The first-order valence-electron chi connectivity index (χ1n) is 5.20. The van der Waals surface area contributed by atoms with Crippen molar-refractivity contribution in [2.45, 2.75) is 18.6 Å². The molecule has 82 valence electrons. The third-order valence-electron chi connectivity index (χ3n) is 2.81. The van der Waals surface area contributed by atoms with Gasteiger partial charge in [-0.15, -0.1) is 0 Å². The Labute approximate surface area is 92.1 Å². The molecule has 1 N–H and O–H groups in total. The van der Waals surface area contributed by atoms with Crippen LogP contribution in [0.4, 0.5) is 0 Å². The molecule has 0 radical (unpaired) electrons. The summed E-state index contributed by atoms with van der Waals surface area (Å²) in [6, 6.07) is 1.80. The van der Waals surface area contributed by atoms with Gasteiger partial charge in [-0.1, -0.05) is 0 Å². The van der Waals surface area contributed by atoms with Crippen LogP contribution in [0.2, 0.25) is 0 Å². The highest BCUT2D eigenvalue weighted by atomic mass is 16.6. The fourth-order valence-electron chi connectivity index (χ4n) is 1.93. The largest absolute Gasteiger partial charge is 0.362 e. The summed E-state index contributed by atoms with van der Waals surface area (Å²) < 4.78 is 5.35. The van der Waals surface area contributed by atoms with Gasteiger partial charge in [-0.2, -0.15) is 0 Å². The van der Waals surface area contributed by atoms with Crippen LogP contribution in [0.25, 0.3) is 11.0 Å². The molecule has 1 aliphatic heterocycles. The molecule has 2 aromatic heterocycles. The number of aromatic nitrogens is 3. The lowest BCUT2D eigenvalue weighted by molar-refractivity contribution is -0.179. The average molecular weight is 217 g/mol. The van der Waals surface area contributed by atoms with E-state index in [9.17, 15) is 5.11 Å². The van der Waals surface area contributed by atoms with Crippen molar-refractivity contribution in [1.82, 2.24) is 15.0 Å². The highest BCUT2D eigenvalue weighted by molar-refractivity contribution is 5.73. The summed E-state index contributed by atoms with van der Waals surface area (Å²) >= 11 is 0. The molecule has 1 unspecified atom stereocenters. The summed E-state index contributed by atoms with van der Waals surface area (Å²) in [5, 5.41) is 10.2. The van der Waals surface area contributed by atoms with Crippen LogP contribution in [0, 0.1) is 0 Å². The zero-order valence-electron chi connectivity index (χ0n) is 8.63. The molecule has 16 heavy (non-hydrogen) atoms. The molecule has 0 bridgehead atoms. The van der Waals surface area contributed by atoms with Gasteiger partial charge in [0.1, 0.15) is 11.8 Å². The Kier molecular flexibility index (Phi) is 2.08. The molecule has 5 nitrogen and oxygen atoms in total. The molecule has 0 aliphatic carbocycles. The van der Waals surface area contributed by atoms with Crippen molar-refractivity contribution < 1.29 is 9.84 Å². The minimum Gasteiger partial charge on any atom is -0.362 e. The number of fused-ring (bicyclic) bond motifs is 1. The summed E-state index contributed by atoms with van der Waals surface area (Å²) in [4.78, 5) is 12.2. The Morgan fingerprint density at radius 3 is 3.00 bits per heavy atom. The second-order valence-corrected chi connectivity index (χ2v) is 3.89. The van der Waals surface area contributed by atoms with Crippen molar-refractivity contribution >= 4 is 11.0 Å². The van der Waals surface area contributed by atoms with Gasteiger partial charge in [0.25, 0.3) is 0 Å². The zero-order valence-corrected chi connectivity index (χ0v) is 8.63. The standard InChI is InChI=1S/C11H11N3O2/c15-11(2-1-3-16-11)8-4-9-10(13-5-8)6-12-7-14-9/h4-7,15H,1-3H2. The molecule has 0 aromatic carbocycles. The van der Waals surface area contributed by atoms with Gasteiger partial charge in [-0.3, -0.25) is 4.98 Å². The molecule has 1 atom stereocenters. The molecule has 3 heterocycles. The third-order valence-corrected chi connectivity index (χ3v) is 2.81. The second kappa shape index (κ2) is 3.47. The van der Waals surface area contributed by atoms with Gasteiger partial charge in [-0.25, -0.2) is 9.97 Å². The van der Waals surface area contributed by atoms with E-state index in [1.165, 1.54) is 6.33 Å². The molecule has 5 heteroatoms. The SMILES string of the molecule is OC1(c2cnc3cncnc3c2)CCCO1. The van der Waals surface area contributed by atoms with Crippen molar-refractivity contribution in [1.29, 1.82) is 0 Å². The van der Waals surface area contributed by atoms with E-state index in [2.05, 4.69) is 15.0 Å². The topological polar surface area (TPSA) is 68.1 Å². The van der Waals surface area contributed by atoms with E-state index < -0.39 is 5.79 Å². The summed E-state index contributed by atoms with van der Waals surface area (Å²) in [7, 11) is 0. The van der Waals surface area contributed by atoms with Gasteiger partial charge < -0.3 is 9.84 Å². The van der Waals surface area contributed by atoms with E-state index in [1.807, 2.05) is 0 Å². The molecule has 1 saturated heterocycles. The van der Waals surface area contributed by atoms with Crippen molar-refractivity contribution in [3.8, 4) is 0 Å². The number of rotatable bonds is 1. The lowest BCUT2D eigenvalue weighted by atomic mass is 10.0. The van der Waals surface area contributed by atoms with Gasteiger partial charge in [0.2, 0.25) is 0 Å². The van der Waals surface area contributed by atoms with Crippen LogP contribution in [0.1, 0.15) is 18.4 Å². The molecule has 0 saturated carbocycles. The Balaban J connectivity index is 2.11. The van der Waals surface area contributed by atoms with Gasteiger partial charge in [-0.05, 0) is 12.5 Å². The van der Waals surface area contributed by atoms with E-state index in [0.717, 1.165) is 11.9 Å². The highest BCUT2D eigenvalue weighted by Gasteiger charge is 2.34. The third kappa shape index (κ3) is 1.45. The molecule has 1 fully saturated rings. The fourth-order valence-corrected chi connectivity index (χ4v) is 1.93. The molecule has 1 aliphatic rings. The maximum Gasteiger partial charge on any atom is 0.193 e. The van der Waals surface area contributed by atoms with Crippen LogP contribution < -0.4 is 0 Å². The van der Waals surface area contributed by atoms with E-state index in [1.54, 1.807) is 18.5 Å². The number of nitrogens with zero attached hydrogens (tertiary/aromatic N) is 3. The summed E-state index contributed by atoms with van der Waals surface area (Å²) in [5.41, 5.74) is 2.10. The minimum absolute atomic E-state index is 0.582. The van der Waals surface area contributed by atoms with Crippen molar-refractivity contribution in [3.63, 3.8) is 0 Å². The van der Waals surface area contributed by atoms with E-state index in [-0.39, 0.29) is 0 Å². The molecule has 0 amide bonds. The second-order valence-electron chi connectivity index (χ2n) is 3.89. The lowest BCUT2D eigenvalue weighted by Gasteiger charge is -2.21. The predicted molar refractivity (Wildman–Crippen MR) is 56.4 cm³/mol. The summed E-state index contributed by atoms with van der Waals surface area (Å²) in [5.74, 6) is -1.19. The maximum absolute atomic E-state index is 10.2. The number of hydrogen-bond acceptors (Lipinski definition) is 5. The monoisotopic (exact) mass is 217 g/mol. The van der Waals surface area contributed by atoms with E-state index in [4.69, 9.17) is 4.74 Å². The van der Waals surface area contributed by atoms with Crippen LogP contribution in [0.5, 0.6) is 0 Å². The van der Waals surface area contributed by atoms with Crippen LogP contribution >= 0.6 is 0 Å². The Bertz CT molecular complexity index is 523. The first kappa shape index (κ1) is 9.62. The quantitative estimate of drug-likeness (QED) is 0.771. The van der Waals surface area contributed by atoms with Gasteiger partial charge in [0.05, 0.1) is 18.3 Å². The number of pyridine rings is 1. The molecule has 2 aromatic rings. The average Bonchev–Trinajstić information content (AvgIpc) is 2.77. The highest BCUT2D eigenvalue weighted by Crippen LogP contribution is 2.33. The first-order valence-corrected chi connectivity index (χ1v) is 5.20. The normalized spacial score (nSPS) is 25.1. The van der Waals surface area contributed by atoms with Crippen LogP contribution in [0.15, 0.2) is 24.8 Å². The summed E-state index contributed by atoms with van der Waals surface area (Å²) in [6.45, 7) is 0.582. The van der Waals surface area contributed by atoms with Crippen molar-refractivity contribution in [3.05, 3.63) is 30.4 Å². The molecular weight excluding hydrogens is 206 g/mol. The van der Waals surface area contributed by atoms with Crippen molar-refractivity contribution in [2.75, 3.05) is 6.61 Å². The summed E-state index contributed by atoms with van der Waals surface area (Å²) in [6.07, 6.45) is 6.19. The van der Waals surface area contributed by atoms with E-state index in [0.29, 0.717) is 24.1 Å². The Morgan fingerprint density at radius 1 is 1.25 bits per heavy atom. The molecule has 3 rings (SSSR count). The van der Waals surface area contributed by atoms with Gasteiger partial charge in [0.15, 0.2) is 5.79 Å². The predicted octanol–water partition coefficient (Wildman–Crippen LogP) is 0.980. The first-order chi connectivity index (χ1) is 7.78. The Hall–Kier alpha value is -1.59. The maximum atomic E-state index is 10.2. The number of hydrogen-bond donors (Lipinski definition) is 1. The van der Waals surface area contributed by atoms with E-state index >= 15 is 0 Å². The van der Waals surface area contributed by atoms with Crippen LogP contribution in [-0.2, 0) is 10.5 Å². The zero-order chi connectivity index (χ0) is 11.0. The number of aliphatic hydroxyl groups is 1.